The second-order valence-electron chi connectivity index (χ2n) is 18.2. The Bertz CT molecular complexity index is 2150. The van der Waals surface area contributed by atoms with Gasteiger partial charge in [-0.1, -0.05) is 94.5 Å². The van der Waals surface area contributed by atoms with Crippen molar-refractivity contribution in [3.63, 3.8) is 0 Å². The third-order valence-electron chi connectivity index (χ3n) is 12.4. The molecule has 9 nitrogen and oxygen atoms in total. The predicted molar refractivity (Wildman–Crippen MR) is 246 cm³/mol. The van der Waals surface area contributed by atoms with Crippen LogP contribution in [-0.2, 0) is 60.2 Å². The van der Waals surface area contributed by atoms with Crippen LogP contribution in [-0.4, -0.2) is 90.0 Å². The molecule has 63 heavy (non-hydrogen) atoms. The summed E-state index contributed by atoms with van der Waals surface area (Å²) in [5.74, 6) is 3.67. The van der Waals surface area contributed by atoms with Gasteiger partial charge >= 0.3 is 0 Å². The van der Waals surface area contributed by atoms with Gasteiger partial charge in [-0.2, -0.15) is 0 Å². The Kier molecular flexibility index (Phi) is 14.1. The quantitative estimate of drug-likeness (QED) is 0.0505. The Labute approximate surface area is 373 Å². The Hall–Kier alpha value is -4.90. The van der Waals surface area contributed by atoms with E-state index in [0.717, 1.165) is 98.4 Å². The van der Waals surface area contributed by atoms with Crippen LogP contribution < -0.4 is 18.9 Å². The van der Waals surface area contributed by atoms with E-state index in [9.17, 15) is 0 Å². The lowest BCUT2D eigenvalue weighted by Crippen LogP contribution is -2.20. The van der Waals surface area contributed by atoms with E-state index >= 15 is 0 Å². The smallest absolute Gasteiger partial charge is 0.122 e. The van der Waals surface area contributed by atoms with E-state index in [0.29, 0.717) is 32.5 Å². The maximum Gasteiger partial charge on any atom is 0.122 e. The van der Waals surface area contributed by atoms with Crippen molar-refractivity contribution in [2.75, 3.05) is 59.5 Å². The normalized spacial score (nSPS) is 21.6. The summed E-state index contributed by atoms with van der Waals surface area (Å²) >= 11 is 0. The minimum Gasteiger partial charge on any atom is -0.491 e. The molecule has 4 aromatic carbocycles. The molecule has 0 bridgehead atoms. The lowest BCUT2D eigenvalue weighted by atomic mass is 9.76. The molecule has 4 aromatic rings. The zero-order chi connectivity index (χ0) is 44.0. The fourth-order valence-electron chi connectivity index (χ4n) is 7.69. The summed E-state index contributed by atoms with van der Waals surface area (Å²) in [4.78, 5) is 0. The molecule has 9 rings (SSSR count). The monoisotopic (exact) mass is 856 g/mol. The molecular weight excluding hydrogens is 793 g/mol. The molecule has 0 amide bonds. The van der Waals surface area contributed by atoms with Crippen LogP contribution in [0.25, 0.3) is 0 Å². The van der Waals surface area contributed by atoms with Gasteiger partial charge in [0, 0.05) is 17.3 Å². The van der Waals surface area contributed by atoms with Gasteiger partial charge in [-0.05, 0) is 88.0 Å². The summed E-state index contributed by atoms with van der Waals surface area (Å²) in [7, 11) is 0. The molecule has 0 spiro atoms. The standard InChI is InChI=1S/C27H32O5.C27H32O4/c1-4-5-18-10-20(6-8-25(18)31-16-23-14-29-23)27(2,3)21-7-9-26(32-17-24-15-30-24)19(11-21)12-22-13-28-22;1-5-7-19-13-21(9-11-25(19)30-17-23-15-28-23)27(3,4)22-10-12-26(20(14-22)8-6-2)31-18-24-16-29-24/h4,6-11,22-24H,1,5,12-17H2,2-3H3;5-6,9-14,23-24H,1-2,7-8,15-18H2,3-4H3. The highest BCUT2D eigenvalue weighted by atomic mass is 16.6. The van der Waals surface area contributed by atoms with Crippen molar-refractivity contribution < 1.29 is 42.6 Å². The summed E-state index contributed by atoms with van der Waals surface area (Å²) in [6.07, 6.45) is 10.2. The maximum atomic E-state index is 6.06. The predicted octanol–water partition coefficient (Wildman–Crippen LogP) is 9.26. The summed E-state index contributed by atoms with van der Waals surface area (Å²) in [6.45, 7) is 27.2. The van der Waals surface area contributed by atoms with Gasteiger partial charge in [0.25, 0.3) is 0 Å². The van der Waals surface area contributed by atoms with E-state index in [1.807, 2.05) is 18.2 Å². The van der Waals surface area contributed by atoms with Gasteiger partial charge in [-0.3, -0.25) is 0 Å². The first-order valence-corrected chi connectivity index (χ1v) is 22.5. The number of hydrogen-bond donors (Lipinski definition) is 0. The Morgan fingerprint density at radius 2 is 0.683 bits per heavy atom. The number of rotatable bonds is 24. The summed E-state index contributed by atoms with van der Waals surface area (Å²) < 4.78 is 50.7. The summed E-state index contributed by atoms with van der Waals surface area (Å²) in [5.41, 5.74) is 9.29. The largest absolute Gasteiger partial charge is 0.491 e. The lowest BCUT2D eigenvalue weighted by Gasteiger charge is -2.28. The van der Waals surface area contributed by atoms with E-state index < -0.39 is 0 Å². The SMILES string of the molecule is C=CCc1cc(C(C)(C)c2ccc(OCC3CO3)c(CC3CO3)c2)ccc1OCC1CO1.C=CCc1cc(C(C)(C)c2ccc(OCC3CO3)c(CC=C)c2)ccc1OCC1CO1. The third kappa shape index (κ3) is 12.2. The number of epoxide rings is 5. The zero-order valence-electron chi connectivity index (χ0n) is 37.5. The highest BCUT2D eigenvalue weighted by molar-refractivity contribution is 5.50. The average Bonchev–Trinajstić information content (AvgIpc) is 4.07. The third-order valence-corrected chi connectivity index (χ3v) is 12.4. The van der Waals surface area contributed by atoms with E-state index in [1.54, 1.807) is 0 Å². The molecule has 5 fully saturated rings. The molecule has 0 aliphatic carbocycles. The minimum atomic E-state index is -0.178. The van der Waals surface area contributed by atoms with Crippen LogP contribution in [0.4, 0.5) is 0 Å². The highest BCUT2D eigenvalue weighted by Gasteiger charge is 2.31. The maximum absolute atomic E-state index is 6.06. The van der Waals surface area contributed by atoms with Crippen LogP contribution in [0.2, 0.25) is 0 Å². The molecule has 0 N–H and O–H groups in total. The Balaban J connectivity index is 0.000000173. The topological polar surface area (TPSA) is 99.6 Å². The van der Waals surface area contributed by atoms with E-state index in [1.165, 1.54) is 27.8 Å². The second kappa shape index (κ2) is 19.9. The van der Waals surface area contributed by atoms with Gasteiger partial charge in [0.05, 0.1) is 39.1 Å². The van der Waals surface area contributed by atoms with E-state index in [4.69, 9.17) is 42.6 Å². The molecule has 0 aromatic heterocycles. The molecule has 334 valence electrons. The first kappa shape index (κ1) is 44.7. The second-order valence-corrected chi connectivity index (χ2v) is 18.2. The van der Waals surface area contributed by atoms with Gasteiger partial charge in [0.1, 0.15) is 73.8 Å². The molecular formula is C54H64O9. The van der Waals surface area contributed by atoms with Crippen molar-refractivity contribution in [2.24, 2.45) is 0 Å². The van der Waals surface area contributed by atoms with Crippen molar-refractivity contribution in [3.8, 4) is 23.0 Å². The van der Waals surface area contributed by atoms with Crippen molar-refractivity contribution >= 4 is 0 Å². The Morgan fingerprint density at radius 1 is 0.429 bits per heavy atom. The van der Waals surface area contributed by atoms with Crippen LogP contribution in [0.15, 0.2) is 111 Å². The number of benzene rings is 4. The molecule has 5 heterocycles. The van der Waals surface area contributed by atoms with Crippen LogP contribution in [0.1, 0.15) is 72.2 Å². The van der Waals surface area contributed by atoms with Crippen LogP contribution in [0, 0.1) is 0 Å². The van der Waals surface area contributed by atoms with Gasteiger partial charge in [0.15, 0.2) is 0 Å². The molecule has 5 aliphatic rings. The first-order valence-electron chi connectivity index (χ1n) is 22.5. The van der Waals surface area contributed by atoms with Crippen LogP contribution >= 0.6 is 0 Å². The van der Waals surface area contributed by atoms with Gasteiger partial charge < -0.3 is 42.6 Å². The fourth-order valence-corrected chi connectivity index (χ4v) is 7.69. The molecule has 0 radical (unpaired) electrons. The lowest BCUT2D eigenvalue weighted by molar-refractivity contribution is 0.260. The average molecular weight is 857 g/mol. The zero-order valence-corrected chi connectivity index (χ0v) is 37.5. The molecule has 5 saturated heterocycles. The molecule has 5 atom stereocenters. The molecule has 9 heteroatoms. The fraction of sp³-hybridized carbons (Fsp3) is 0.444. The highest BCUT2D eigenvalue weighted by Crippen LogP contribution is 2.39. The minimum absolute atomic E-state index is 0.175. The van der Waals surface area contributed by atoms with Crippen molar-refractivity contribution in [3.05, 3.63) is 155 Å². The van der Waals surface area contributed by atoms with Crippen molar-refractivity contribution in [2.45, 2.75) is 94.7 Å². The summed E-state index contributed by atoms with van der Waals surface area (Å²) in [5, 5.41) is 0. The Morgan fingerprint density at radius 3 is 0.937 bits per heavy atom. The van der Waals surface area contributed by atoms with E-state index in [-0.39, 0.29) is 35.2 Å². The number of hydrogen-bond acceptors (Lipinski definition) is 9. The van der Waals surface area contributed by atoms with Crippen molar-refractivity contribution in [1.29, 1.82) is 0 Å². The molecule has 5 aliphatic heterocycles. The first-order chi connectivity index (χ1) is 30.5. The summed E-state index contributed by atoms with van der Waals surface area (Å²) in [6, 6.07) is 26.1. The molecule has 0 saturated carbocycles. The van der Waals surface area contributed by atoms with Crippen LogP contribution in [0.5, 0.6) is 23.0 Å². The van der Waals surface area contributed by atoms with Crippen molar-refractivity contribution in [1.82, 2.24) is 0 Å². The van der Waals surface area contributed by atoms with Gasteiger partial charge in [-0.25, -0.2) is 0 Å². The van der Waals surface area contributed by atoms with Gasteiger partial charge in [-0.15, -0.1) is 19.7 Å². The number of allylic oxidation sites excluding steroid dienone is 3. The van der Waals surface area contributed by atoms with E-state index in [2.05, 4.69) is 120 Å². The number of ether oxygens (including phenoxy) is 9. The van der Waals surface area contributed by atoms with Crippen LogP contribution in [0.3, 0.4) is 0 Å². The molecule has 5 unspecified atom stereocenters. The van der Waals surface area contributed by atoms with Gasteiger partial charge in [0.2, 0.25) is 0 Å².